The highest BCUT2D eigenvalue weighted by molar-refractivity contribution is 6.02. The zero-order valence-corrected chi connectivity index (χ0v) is 20.1. The van der Waals surface area contributed by atoms with E-state index >= 15 is 0 Å². The largest absolute Gasteiger partial charge is 0.294 e. The van der Waals surface area contributed by atoms with E-state index in [0.29, 0.717) is 17.1 Å². The van der Waals surface area contributed by atoms with Gasteiger partial charge in [0.1, 0.15) is 5.69 Å². The Kier molecular flexibility index (Phi) is 5.25. The van der Waals surface area contributed by atoms with Crippen molar-refractivity contribution >= 4 is 5.78 Å². The van der Waals surface area contributed by atoms with E-state index in [-0.39, 0.29) is 11.2 Å². The van der Waals surface area contributed by atoms with Gasteiger partial charge in [0.05, 0.1) is 22.8 Å². The molecule has 0 N–H and O–H groups in total. The van der Waals surface area contributed by atoms with Crippen LogP contribution < -0.4 is 0 Å². The normalized spacial score (nSPS) is 14.4. The number of carbonyl (C=O) groups is 1. The monoisotopic (exact) mass is 472 g/mol. The number of pyridine rings is 2. The van der Waals surface area contributed by atoms with Crippen molar-refractivity contribution in [1.29, 1.82) is 0 Å². The van der Waals surface area contributed by atoms with Gasteiger partial charge in [-0.25, -0.2) is 9.97 Å². The SMILES string of the molecule is CC1(C)CCc2nc(-c3nnn(-c4cc(-c5ccccc5)nc(-c5ccccc5)c4)n3)ccc2C1=O. The Morgan fingerprint density at radius 3 is 2.06 bits per heavy atom. The van der Waals surface area contributed by atoms with Crippen LogP contribution >= 0.6 is 0 Å². The Bertz CT molecular complexity index is 1520. The van der Waals surface area contributed by atoms with E-state index in [9.17, 15) is 4.79 Å². The number of hydrogen-bond donors (Lipinski definition) is 0. The highest BCUT2D eigenvalue weighted by atomic mass is 16.1. The van der Waals surface area contributed by atoms with E-state index in [0.717, 1.165) is 46.7 Å². The standard InChI is InChI=1S/C29H24N6O/c1-29(2)16-15-23-22(27(29)36)13-14-24(30-23)28-32-34-35(33-28)21-17-25(19-9-5-3-6-10-19)31-26(18-21)20-11-7-4-8-12-20/h3-14,17-18H,15-16H2,1-2H3. The number of aryl methyl sites for hydroxylation is 1. The van der Waals surface area contributed by atoms with Crippen LogP contribution in [0, 0.1) is 5.41 Å². The third-order valence-electron chi connectivity index (χ3n) is 6.64. The highest BCUT2D eigenvalue weighted by Gasteiger charge is 2.35. The molecule has 1 aliphatic carbocycles. The van der Waals surface area contributed by atoms with Crippen molar-refractivity contribution in [2.24, 2.45) is 5.41 Å². The Morgan fingerprint density at radius 2 is 1.42 bits per heavy atom. The molecule has 36 heavy (non-hydrogen) atoms. The molecule has 6 rings (SSSR count). The van der Waals surface area contributed by atoms with Crippen LogP contribution in [0.15, 0.2) is 84.9 Å². The van der Waals surface area contributed by atoms with E-state index in [1.807, 2.05) is 92.7 Å². The topological polar surface area (TPSA) is 86.4 Å². The van der Waals surface area contributed by atoms with Gasteiger partial charge in [-0.05, 0) is 42.3 Å². The number of nitrogens with zero attached hydrogens (tertiary/aromatic N) is 6. The fourth-order valence-corrected chi connectivity index (χ4v) is 4.50. The van der Waals surface area contributed by atoms with E-state index in [2.05, 4.69) is 15.4 Å². The summed E-state index contributed by atoms with van der Waals surface area (Å²) >= 11 is 0. The molecular formula is C29H24N6O. The predicted octanol–water partition coefficient (Wildman–Crippen LogP) is 5.61. The van der Waals surface area contributed by atoms with Crippen molar-refractivity contribution in [1.82, 2.24) is 30.2 Å². The number of Topliss-reactive ketones (excluding diaryl/α,β-unsaturated/α-hetero) is 1. The van der Waals surface area contributed by atoms with E-state index in [1.165, 1.54) is 4.80 Å². The smallest absolute Gasteiger partial charge is 0.223 e. The second kappa shape index (κ2) is 8.61. The van der Waals surface area contributed by atoms with Crippen LogP contribution in [0.3, 0.4) is 0 Å². The molecule has 0 saturated heterocycles. The fraction of sp³-hybridized carbons (Fsp3) is 0.172. The number of tetrazole rings is 1. The average molecular weight is 473 g/mol. The van der Waals surface area contributed by atoms with Gasteiger partial charge >= 0.3 is 0 Å². The number of carbonyl (C=O) groups excluding carboxylic acids is 1. The Hall–Kier alpha value is -4.52. The van der Waals surface area contributed by atoms with Gasteiger partial charge in [0.15, 0.2) is 5.78 Å². The number of rotatable bonds is 4. The molecule has 0 aliphatic heterocycles. The minimum atomic E-state index is -0.355. The Balaban J connectivity index is 1.40. The van der Waals surface area contributed by atoms with Gasteiger partial charge < -0.3 is 0 Å². The lowest BCUT2D eigenvalue weighted by Gasteiger charge is -2.28. The lowest BCUT2D eigenvalue weighted by Crippen LogP contribution is -2.31. The summed E-state index contributed by atoms with van der Waals surface area (Å²) < 4.78 is 0. The summed E-state index contributed by atoms with van der Waals surface area (Å²) in [4.78, 5) is 23.9. The molecule has 1 aliphatic rings. The lowest BCUT2D eigenvalue weighted by atomic mass is 9.75. The lowest BCUT2D eigenvalue weighted by molar-refractivity contribution is 0.0809. The Morgan fingerprint density at radius 1 is 0.778 bits per heavy atom. The first-order valence-corrected chi connectivity index (χ1v) is 12.0. The van der Waals surface area contributed by atoms with Gasteiger partial charge in [-0.3, -0.25) is 4.79 Å². The third kappa shape index (κ3) is 3.98. The first-order chi connectivity index (χ1) is 17.5. The summed E-state index contributed by atoms with van der Waals surface area (Å²) in [5.74, 6) is 0.549. The van der Waals surface area contributed by atoms with E-state index in [1.54, 1.807) is 6.07 Å². The number of fused-ring (bicyclic) bond motifs is 1. The van der Waals surface area contributed by atoms with Crippen LogP contribution in [-0.4, -0.2) is 36.0 Å². The quantitative estimate of drug-likeness (QED) is 0.338. The van der Waals surface area contributed by atoms with E-state index in [4.69, 9.17) is 9.97 Å². The van der Waals surface area contributed by atoms with Gasteiger partial charge in [-0.1, -0.05) is 74.5 Å². The molecule has 2 aromatic carbocycles. The summed E-state index contributed by atoms with van der Waals surface area (Å²) in [6, 6.07) is 27.6. The summed E-state index contributed by atoms with van der Waals surface area (Å²) in [7, 11) is 0. The average Bonchev–Trinajstić information content (AvgIpc) is 3.42. The molecule has 5 aromatic rings. The van der Waals surface area contributed by atoms with Gasteiger partial charge in [0.25, 0.3) is 0 Å². The van der Waals surface area contributed by atoms with Crippen LogP contribution in [0.2, 0.25) is 0 Å². The van der Waals surface area contributed by atoms with Gasteiger partial charge in [0.2, 0.25) is 5.82 Å². The summed E-state index contributed by atoms with van der Waals surface area (Å²) in [5.41, 5.74) is 6.13. The molecule has 0 unspecified atom stereocenters. The summed E-state index contributed by atoms with van der Waals surface area (Å²) in [6.45, 7) is 3.98. The maximum Gasteiger partial charge on any atom is 0.223 e. The third-order valence-corrected chi connectivity index (χ3v) is 6.64. The van der Waals surface area contributed by atoms with Crippen molar-refractivity contribution in [2.75, 3.05) is 0 Å². The highest BCUT2D eigenvalue weighted by Crippen LogP contribution is 2.34. The van der Waals surface area contributed by atoms with E-state index < -0.39 is 0 Å². The number of aromatic nitrogens is 6. The molecule has 0 atom stereocenters. The van der Waals surface area contributed by atoms with Crippen molar-refractivity contribution in [3.05, 3.63) is 96.2 Å². The second-order valence-electron chi connectivity index (χ2n) is 9.63. The van der Waals surface area contributed by atoms with Crippen LogP contribution in [0.4, 0.5) is 0 Å². The predicted molar refractivity (Wildman–Crippen MR) is 137 cm³/mol. The molecule has 0 bridgehead atoms. The maximum atomic E-state index is 12.8. The van der Waals surface area contributed by atoms with Crippen molar-refractivity contribution in [2.45, 2.75) is 26.7 Å². The molecule has 176 valence electrons. The van der Waals surface area contributed by atoms with Crippen LogP contribution in [0.25, 0.3) is 39.7 Å². The van der Waals surface area contributed by atoms with Gasteiger partial charge in [-0.15, -0.1) is 15.0 Å². The van der Waals surface area contributed by atoms with Crippen LogP contribution in [0.1, 0.15) is 36.3 Å². The molecule has 3 heterocycles. The zero-order valence-electron chi connectivity index (χ0n) is 20.1. The molecule has 0 saturated carbocycles. The molecule has 7 nitrogen and oxygen atoms in total. The molecular weight excluding hydrogens is 448 g/mol. The van der Waals surface area contributed by atoms with Gasteiger partial charge in [-0.2, -0.15) is 0 Å². The molecule has 3 aromatic heterocycles. The molecule has 0 amide bonds. The van der Waals surface area contributed by atoms with Crippen molar-refractivity contribution < 1.29 is 4.79 Å². The van der Waals surface area contributed by atoms with Crippen molar-refractivity contribution in [3.8, 4) is 39.7 Å². The molecule has 0 fully saturated rings. The van der Waals surface area contributed by atoms with Crippen LogP contribution in [0.5, 0.6) is 0 Å². The minimum Gasteiger partial charge on any atom is -0.294 e. The molecule has 7 heteroatoms. The second-order valence-corrected chi connectivity index (χ2v) is 9.63. The maximum absolute atomic E-state index is 12.8. The van der Waals surface area contributed by atoms with Crippen molar-refractivity contribution in [3.63, 3.8) is 0 Å². The fourth-order valence-electron chi connectivity index (χ4n) is 4.50. The molecule has 0 radical (unpaired) electrons. The van der Waals surface area contributed by atoms with Crippen LogP contribution in [-0.2, 0) is 6.42 Å². The number of benzene rings is 2. The minimum absolute atomic E-state index is 0.137. The van der Waals surface area contributed by atoms with Gasteiger partial charge in [0, 0.05) is 22.1 Å². The summed E-state index contributed by atoms with van der Waals surface area (Å²) in [5, 5.41) is 13.2. The first-order valence-electron chi connectivity index (χ1n) is 12.0. The summed E-state index contributed by atoms with van der Waals surface area (Å²) in [6.07, 6.45) is 1.53. The number of hydrogen-bond acceptors (Lipinski definition) is 6. The molecule has 0 spiro atoms. The zero-order chi connectivity index (χ0) is 24.7. The Labute approximate surface area is 208 Å². The number of ketones is 1. The first kappa shape index (κ1) is 22.0.